The maximum atomic E-state index is 12.2. The van der Waals surface area contributed by atoms with Crippen molar-refractivity contribution in [2.24, 2.45) is 0 Å². The Hall–Kier alpha value is -3.12. The van der Waals surface area contributed by atoms with Gasteiger partial charge in [-0.25, -0.2) is 0 Å². The van der Waals surface area contributed by atoms with Gasteiger partial charge in [0, 0.05) is 11.4 Å². The Kier molecular flexibility index (Phi) is 6.22. The van der Waals surface area contributed by atoms with E-state index in [1.807, 2.05) is 72.8 Å². The molecule has 148 valence electrons. The lowest BCUT2D eigenvalue weighted by Gasteiger charge is -2.09. The summed E-state index contributed by atoms with van der Waals surface area (Å²) in [7, 11) is 0. The summed E-state index contributed by atoms with van der Waals surface area (Å²) in [5.41, 5.74) is 2.97. The number of anilines is 1. The van der Waals surface area contributed by atoms with Gasteiger partial charge in [-0.05, 0) is 47.5 Å². The lowest BCUT2D eigenvalue weighted by molar-refractivity contribution is -0.113. The summed E-state index contributed by atoms with van der Waals surface area (Å²) in [6.07, 6.45) is 0. The van der Waals surface area contributed by atoms with E-state index in [2.05, 4.69) is 5.32 Å². The molecule has 0 aromatic heterocycles. The van der Waals surface area contributed by atoms with Crippen LogP contribution in [-0.2, 0) is 17.2 Å². The van der Waals surface area contributed by atoms with Crippen molar-refractivity contribution in [3.05, 3.63) is 83.9 Å². The van der Waals surface area contributed by atoms with Gasteiger partial charge in [-0.3, -0.25) is 4.79 Å². The fourth-order valence-electron chi connectivity index (χ4n) is 2.86. The van der Waals surface area contributed by atoms with Crippen LogP contribution in [0.4, 0.5) is 5.69 Å². The highest BCUT2D eigenvalue weighted by molar-refractivity contribution is 7.99. The average Bonchev–Trinajstić information content (AvgIpc) is 3.22. The van der Waals surface area contributed by atoms with Crippen molar-refractivity contribution in [1.82, 2.24) is 0 Å². The SMILES string of the molecule is O=C(CSCc1ccc2c(c1)OCO2)Nc1ccc(OCc2ccccc2)cc1. The summed E-state index contributed by atoms with van der Waals surface area (Å²) >= 11 is 1.55. The molecule has 6 heteroatoms. The Balaban J connectivity index is 1.20. The van der Waals surface area contributed by atoms with Crippen molar-refractivity contribution in [1.29, 1.82) is 0 Å². The van der Waals surface area contributed by atoms with Crippen LogP contribution in [0.25, 0.3) is 0 Å². The zero-order valence-corrected chi connectivity index (χ0v) is 16.6. The molecule has 3 aromatic carbocycles. The van der Waals surface area contributed by atoms with Gasteiger partial charge in [0.2, 0.25) is 12.7 Å². The van der Waals surface area contributed by atoms with E-state index >= 15 is 0 Å². The number of benzene rings is 3. The Bertz CT molecular complexity index is 960. The molecule has 1 amide bonds. The van der Waals surface area contributed by atoms with Crippen LogP contribution in [0.5, 0.6) is 17.2 Å². The molecule has 1 N–H and O–H groups in total. The molecule has 1 heterocycles. The molecule has 0 spiro atoms. The topological polar surface area (TPSA) is 56.8 Å². The minimum Gasteiger partial charge on any atom is -0.489 e. The highest BCUT2D eigenvalue weighted by atomic mass is 32.2. The number of hydrogen-bond acceptors (Lipinski definition) is 5. The quantitative estimate of drug-likeness (QED) is 0.578. The van der Waals surface area contributed by atoms with E-state index in [4.69, 9.17) is 14.2 Å². The number of carbonyl (C=O) groups excluding carboxylic acids is 1. The van der Waals surface area contributed by atoms with Crippen LogP contribution in [0.1, 0.15) is 11.1 Å². The number of ether oxygens (including phenoxy) is 3. The number of nitrogens with one attached hydrogen (secondary N) is 1. The van der Waals surface area contributed by atoms with E-state index in [0.717, 1.165) is 39.8 Å². The molecule has 0 saturated heterocycles. The highest BCUT2D eigenvalue weighted by Gasteiger charge is 2.13. The van der Waals surface area contributed by atoms with Crippen LogP contribution >= 0.6 is 11.8 Å². The first-order valence-corrected chi connectivity index (χ1v) is 10.4. The predicted octanol–water partition coefficient (Wildman–Crippen LogP) is 4.87. The van der Waals surface area contributed by atoms with Crippen molar-refractivity contribution in [3.63, 3.8) is 0 Å². The van der Waals surface area contributed by atoms with Crippen molar-refractivity contribution in [2.45, 2.75) is 12.4 Å². The van der Waals surface area contributed by atoms with Crippen LogP contribution < -0.4 is 19.5 Å². The molecule has 0 saturated carbocycles. The predicted molar refractivity (Wildman–Crippen MR) is 115 cm³/mol. The number of hydrogen-bond donors (Lipinski definition) is 1. The van der Waals surface area contributed by atoms with Crippen LogP contribution in [0.3, 0.4) is 0 Å². The Labute approximate surface area is 174 Å². The van der Waals surface area contributed by atoms with Crippen LogP contribution in [-0.4, -0.2) is 18.5 Å². The number of rotatable bonds is 8. The number of fused-ring (bicyclic) bond motifs is 1. The van der Waals surface area contributed by atoms with Crippen molar-refractivity contribution in [3.8, 4) is 17.2 Å². The zero-order valence-electron chi connectivity index (χ0n) is 15.8. The highest BCUT2D eigenvalue weighted by Crippen LogP contribution is 2.33. The molecule has 1 aliphatic rings. The molecule has 0 fully saturated rings. The second kappa shape index (κ2) is 9.39. The van der Waals surface area contributed by atoms with Gasteiger partial charge in [-0.15, -0.1) is 11.8 Å². The molecule has 3 aromatic rings. The van der Waals surface area contributed by atoms with Crippen LogP contribution in [0.15, 0.2) is 72.8 Å². The standard InChI is InChI=1S/C23H21NO4S/c25-23(15-29-14-18-6-11-21-22(12-18)28-16-27-21)24-19-7-9-20(10-8-19)26-13-17-4-2-1-3-5-17/h1-12H,13-16H2,(H,24,25). The van der Waals surface area contributed by atoms with Crippen molar-refractivity contribution >= 4 is 23.4 Å². The third-order valence-corrected chi connectivity index (χ3v) is 5.33. The molecular weight excluding hydrogens is 386 g/mol. The summed E-state index contributed by atoms with van der Waals surface area (Å²) in [6.45, 7) is 0.785. The Morgan fingerprint density at radius 1 is 0.931 bits per heavy atom. The van der Waals surface area contributed by atoms with E-state index in [-0.39, 0.29) is 12.7 Å². The molecule has 4 rings (SSSR count). The van der Waals surface area contributed by atoms with Gasteiger partial charge >= 0.3 is 0 Å². The first-order chi connectivity index (χ1) is 14.3. The molecular formula is C23H21NO4S. The van der Waals surface area contributed by atoms with Crippen molar-refractivity contribution in [2.75, 3.05) is 17.9 Å². The van der Waals surface area contributed by atoms with E-state index in [1.165, 1.54) is 0 Å². The molecule has 0 bridgehead atoms. The first-order valence-electron chi connectivity index (χ1n) is 9.29. The zero-order chi connectivity index (χ0) is 19.9. The van der Waals surface area contributed by atoms with Gasteiger partial charge in [0.15, 0.2) is 11.5 Å². The summed E-state index contributed by atoms with van der Waals surface area (Å²) in [5, 5.41) is 2.91. The van der Waals surface area contributed by atoms with Gasteiger partial charge in [0.1, 0.15) is 12.4 Å². The summed E-state index contributed by atoms with van der Waals surface area (Å²) < 4.78 is 16.4. The van der Waals surface area contributed by atoms with Gasteiger partial charge < -0.3 is 19.5 Å². The van der Waals surface area contributed by atoms with E-state index < -0.39 is 0 Å². The fourth-order valence-corrected chi connectivity index (χ4v) is 3.64. The lowest BCUT2D eigenvalue weighted by Crippen LogP contribution is -2.14. The van der Waals surface area contributed by atoms with E-state index in [1.54, 1.807) is 11.8 Å². The van der Waals surface area contributed by atoms with Crippen LogP contribution in [0, 0.1) is 0 Å². The van der Waals surface area contributed by atoms with Crippen molar-refractivity contribution < 1.29 is 19.0 Å². The fraction of sp³-hybridized carbons (Fsp3) is 0.174. The molecule has 0 unspecified atom stereocenters. The normalized spacial score (nSPS) is 11.9. The third kappa shape index (κ3) is 5.45. The van der Waals surface area contributed by atoms with E-state index in [9.17, 15) is 4.79 Å². The van der Waals surface area contributed by atoms with Gasteiger partial charge in [0.25, 0.3) is 0 Å². The molecule has 0 radical (unpaired) electrons. The molecule has 5 nitrogen and oxygen atoms in total. The van der Waals surface area contributed by atoms with E-state index in [0.29, 0.717) is 12.4 Å². The lowest BCUT2D eigenvalue weighted by atomic mass is 10.2. The van der Waals surface area contributed by atoms with Gasteiger partial charge in [-0.1, -0.05) is 36.4 Å². The largest absolute Gasteiger partial charge is 0.489 e. The monoisotopic (exact) mass is 407 g/mol. The number of thioether (sulfide) groups is 1. The number of amides is 1. The first kappa shape index (κ1) is 19.2. The maximum absolute atomic E-state index is 12.2. The minimum atomic E-state index is -0.0336. The second-order valence-electron chi connectivity index (χ2n) is 6.53. The maximum Gasteiger partial charge on any atom is 0.234 e. The van der Waals surface area contributed by atoms with Crippen LogP contribution in [0.2, 0.25) is 0 Å². The summed E-state index contributed by atoms with van der Waals surface area (Å²) in [6, 6.07) is 23.3. The summed E-state index contributed by atoms with van der Waals surface area (Å²) in [5.74, 6) is 3.38. The molecule has 29 heavy (non-hydrogen) atoms. The minimum absolute atomic E-state index is 0.0336. The van der Waals surface area contributed by atoms with Gasteiger partial charge in [0.05, 0.1) is 5.75 Å². The molecule has 0 aliphatic carbocycles. The third-order valence-electron chi connectivity index (χ3n) is 4.33. The van der Waals surface area contributed by atoms with Gasteiger partial charge in [-0.2, -0.15) is 0 Å². The Morgan fingerprint density at radius 3 is 2.55 bits per heavy atom. The average molecular weight is 407 g/mol. The molecule has 0 atom stereocenters. The number of carbonyl (C=O) groups is 1. The Morgan fingerprint density at radius 2 is 1.72 bits per heavy atom. The second-order valence-corrected chi connectivity index (χ2v) is 7.51. The molecule has 1 aliphatic heterocycles. The summed E-state index contributed by atoms with van der Waals surface area (Å²) in [4.78, 5) is 12.2. The smallest absolute Gasteiger partial charge is 0.234 e.